The first-order valence-corrected chi connectivity index (χ1v) is 6.07. The van der Waals surface area contributed by atoms with Crippen LogP contribution in [0.15, 0.2) is 54.6 Å². The fourth-order valence-electron chi connectivity index (χ4n) is 1.70. The van der Waals surface area contributed by atoms with Crippen molar-refractivity contribution in [1.29, 1.82) is 0 Å². The van der Waals surface area contributed by atoms with Gasteiger partial charge in [-0.15, -0.1) is 20.4 Å². The van der Waals surface area contributed by atoms with Gasteiger partial charge in [0.05, 0.1) is 5.69 Å². The number of nitrogens with two attached hydrogens (primary N) is 1. The second kappa shape index (κ2) is 5.31. The Kier molecular flexibility index (Phi) is 3.20. The van der Waals surface area contributed by atoms with E-state index in [2.05, 4.69) is 25.7 Å². The van der Waals surface area contributed by atoms with Gasteiger partial charge in [0.15, 0.2) is 11.6 Å². The van der Waals surface area contributed by atoms with Crippen LogP contribution in [0.2, 0.25) is 0 Å². The van der Waals surface area contributed by atoms with Gasteiger partial charge in [0, 0.05) is 5.56 Å². The van der Waals surface area contributed by atoms with Gasteiger partial charge in [0.1, 0.15) is 5.82 Å². The number of hydrogen-bond donors (Lipinski definition) is 2. The Balaban J connectivity index is 1.78. The summed E-state index contributed by atoms with van der Waals surface area (Å²) >= 11 is 0. The Bertz CT molecular complexity index is 679. The van der Waals surface area contributed by atoms with E-state index in [0.29, 0.717) is 17.5 Å². The number of anilines is 3. The molecule has 0 bridgehead atoms. The first kappa shape index (κ1) is 12.0. The molecule has 0 saturated heterocycles. The Morgan fingerprint density at radius 1 is 0.700 bits per heavy atom. The zero-order valence-electron chi connectivity index (χ0n) is 10.6. The van der Waals surface area contributed by atoms with Crippen molar-refractivity contribution in [3.05, 3.63) is 54.6 Å². The zero-order valence-corrected chi connectivity index (χ0v) is 10.6. The van der Waals surface area contributed by atoms with Gasteiger partial charge < -0.3 is 11.1 Å². The normalized spacial score (nSPS) is 10.2. The predicted molar refractivity (Wildman–Crippen MR) is 77.2 cm³/mol. The molecular weight excluding hydrogens is 252 g/mol. The van der Waals surface area contributed by atoms with Gasteiger partial charge in [0.2, 0.25) is 0 Å². The highest BCUT2D eigenvalue weighted by atomic mass is 15.2. The molecule has 0 atom stereocenters. The number of nitrogens with one attached hydrogen (secondary N) is 1. The lowest BCUT2D eigenvalue weighted by molar-refractivity contribution is 1.01. The Morgan fingerprint density at radius 3 is 2.00 bits per heavy atom. The first-order chi connectivity index (χ1) is 9.81. The molecule has 0 aliphatic rings. The monoisotopic (exact) mass is 264 g/mol. The van der Waals surface area contributed by atoms with E-state index < -0.39 is 0 Å². The molecule has 0 aliphatic carbocycles. The average molecular weight is 264 g/mol. The van der Waals surface area contributed by atoms with E-state index in [1.54, 1.807) is 12.1 Å². The topological polar surface area (TPSA) is 89.6 Å². The first-order valence-electron chi connectivity index (χ1n) is 6.07. The number of benzene rings is 1. The minimum Gasteiger partial charge on any atom is -0.382 e. The molecule has 6 heteroatoms. The van der Waals surface area contributed by atoms with E-state index in [1.807, 2.05) is 42.5 Å². The van der Waals surface area contributed by atoms with Gasteiger partial charge in [-0.2, -0.15) is 0 Å². The third kappa shape index (κ3) is 2.69. The van der Waals surface area contributed by atoms with Crippen molar-refractivity contribution >= 4 is 17.5 Å². The van der Waals surface area contributed by atoms with Crippen molar-refractivity contribution < 1.29 is 0 Å². The Morgan fingerprint density at radius 2 is 1.40 bits per heavy atom. The van der Waals surface area contributed by atoms with Crippen molar-refractivity contribution in [2.24, 2.45) is 0 Å². The summed E-state index contributed by atoms with van der Waals surface area (Å²) in [6.07, 6.45) is 0. The van der Waals surface area contributed by atoms with Gasteiger partial charge in [-0.25, -0.2) is 0 Å². The summed E-state index contributed by atoms with van der Waals surface area (Å²) in [6, 6.07) is 17.0. The summed E-state index contributed by atoms with van der Waals surface area (Å²) in [5.41, 5.74) is 7.32. The highest BCUT2D eigenvalue weighted by Crippen LogP contribution is 2.17. The van der Waals surface area contributed by atoms with Crippen LogP contribution in [0.5, 0.6) is 0 Å². The molecule has 0 aliphatic heterocycles. The van der Waals surface area contributed by atoms with Gasteiger partial charge in [-0.1, -0.05) is 30.3 Å². The molecular formula is C14H12N6. The molecule has 98 valence electrons. The van der Waals surface area contributed by atoms with Crippen LogP contribution in [0, 0.1) is 0 Å². The molecule has 0 unspecified atom stereocenters. The SMILES string of the molecule is Nc1ccc(Nc2ccc(-c3ccccc3)nn2)nn1. The molecule has 6 nitrogen and oxygen atoms in total. The van der Waals surface area contributed by atoms with E-state index in [-0.39, 0.29) is 0 Å². The fraction of sp³-hybridized carbons (Fsp3) is 0. The van der Waals surface area contributed by atoms with E-state index in [4.69, 9.17) is 5.73 Å². The Labute approximate surface area is 115 Å². The maximum atomic E-state index is 5.47. The lowest BCUT2D eigenvalue weighted by Gasteiger charge is -2.04. The van der Waals surface area contributed by atoms with Crippen molar-refractivity contribution in [1.82, 2.24) is 20.4 Å². The summed E-state index contributed by atoms with van der Waals surface area (Å²) in [6.45, 7) is 0. The summed E-state index contributed by atoms with van der Waals surface area (Å²) < 4.78 is 0. The molecule has 1 aromatic carbocycles. The zero-order chi connectivity index (χ0) is 13.8. The molecule has 0 saturated carbocycles. The smallest absolute Gasteiger partial charge is 0.154 e. The minimum atomic E-state index is 0.376. The molecule has 2 aromatic heterocycles. The predicted octanol–water partition coefficient (Wildman–Crippen LogP) is 2.26. The van der Waals surface area contributed by atoms with Crippen LogP contribution >= 0.6 is 0 Å². The van der Waals surface area contributed by atoms with Crippen molar-refractivity contribution in [2.75, 3.05) is 11.1 Å². The lowest BCUT2D eigenvalue weighted by Crippen LogP contribution is -2.00. The molecule has 0 spiro atoms. The van der Waals surface area contributed by atoms with Gasteiger partial charge in [-0.05, 0) is 24.3 Å². The van der Waals surface area contributed by atoms with Crippen LogP contribution < -0.4 is 11.1 Å². The van der Waals surface area contributed by atoms with Gasteiger partial charge in [0.25, 0.3) is 0 Å². The molecule has 3 aromatic rings. The van der Waals surface area contributed by atoms with E-state index in [9.17, 15) is 0 Å². The van der Waals surface area contributed by atoms with E-state index >= 15 is 0 Å². The van der Waals surface area contributed by atoms with E-state index in [1.165, 1.54) is 0 Å². The summed E-state index contributed by atoms with van der Waals surface area (Å²) in [7, 11) is 0. The van der Waals surface area contributed by atoms with Gasteiger partial charge >= 0.3 is 0 Å². The number of nitrogens with zero attached hydrogens (tertiary/aromatic N) is 4. The minimum absolute atomic E-state index is 0.376. The third-order valence-electron chi connectivity index (χ3n) is 2.68. The highest BCUT2D eigenvalue weighted by molar-refractivity contribution is 5.60. The number of nitrogen functional groups attached to an aromatic ring is 1. The second-order valence-electron chi connectivity index (χ2n) is 4.14. The van der Waals surface area contributed by atoms with Crippen LogP contribution in [0.4, 0.5) is 17.5 Å². The van der Waals surface area contributed by atoms with Crippen LogP contribution in [0.3, 0.4) is 0 Å². The molecule has 0 amide bonds. The second-order valence-corrected chi connectivity index (χ2v) is 4.14. The largest absolute Gasteiger partial charge is 0.382 e. The van der Waals surface area contributed by atoms with Crippen molar-refractivity contribution in [2.45, 2.75) is 0 Å². The summed E-state index contributed by atoms with van der Waals surface area (Å²) in [5, 5.41) is 19.0. The quantitative estimate of drug-likeness (QED) is 0.754. The standard InChI is InChI=1S/C14H12N6/c15-12-7-9-14(20-18-12)16-13-8-6-11(17-19-13)10-4-2-1-3-5-10/h1-9H,(H2,15,18)(H,16,19,20). The molecule has 0 fully saturated rings. The van der Waals surface area contributed by atoms with Crippen LogP contribution in [-0.2, 0) is 0 Å². The van der Waals surface area contributed by atoms with Crippen LogP contribution in [-0.4, -0.2) is 20.4 Å². The van der Waals surface area contributed by atoms with Crippen molar-refractivity contribution in [3.63, 3.8) is 0 Å². The number of aromatic nitrogens is 4. The lowest BCUT2D eigenvalue weighted by atomic mass is 10.1. The van der Waals surface area contributed by atoms with Crippen molar-refractivity contribution in [3.8, 4) is 11.3 Å². The average Bonchev–Trinajstić information content (AvgIpc) is 2.51. The molecule has 0 radical (unpaired) electrons. The number of rotatable bonds is 3. The van der Waals surface area contributed by atoms with Crippen LogP contribution in [0.25, 0.3) is 11.3 Å². The maximum absolute atomic E-state index is 5.47. The van der Waals surface area contributed by atoms with Crippen LogP contribution in [0.1, 0.15) is 0 Å². The molecule has 3 rings (SSSR count). The molecule has 2 heterocycles. The van der Waals surface area contributed by atoms with E-state index in [0.717, 1.165) is 11.3 Å². The Hall–Kier alpha value is -3.02. The number of hydrogen-bond acceptors (Lipinski definition) is 6. The summed E-state index contributed by atoms with van der Waals surface area (Å²) in [4.78, 5) is 0. The fourth-order valence-corrected chi connectivity index (χ4v) is 1.70. The highest BCUT2D eigenvalue weighted by Gasteiger charge is 2.02. The molecule has 20 heavy (non-hydrogen) atoms. The van der Waals surface area contributed by atoms with Gasteiger partial charge in [-0.3, -0.25) is 0 Å². The third-order valence-corrected chi connectivity index (χ3v) is 2.68. The molecule has 3 N–H and O–H groups in total. The summed E-state index contributed by atoms with van der Waals surface area (Å²) in [5.74, 6) is 1.55. The maximum Gasteiger partial charge on any atom is 0.154 e.